The molecule has 0 spiro atoms. The molecule has 0 aliphatic carbocycles. The summed E-state index contributed by atoms with van der Waals surface area (Å²) in [6.45, 7) is 0. The van der Waals surface area contributed by atoms with E-state index in [1.54, 1.807) is 6.07 Å². The van der Waals surface area contributed by atoms with Crippen molar-refractivity contribution in [3.63, 3.8) is 0 Å². The van der Waals surface area contributed by atoms with E-state index in [-0.39, 0.29) is 24.6 Å². The summed E-state index contributed by atoms with van der Waals surface area (Å²) in [4.78, 5) is 11.0. The summed E-state index contributed by atoms with van der Waals surface area (Å²) >= 11 is 3.15. The lowest BCUT2D eigenvalue weighted by Crippen LogP contribution is -2.16. The lowest BCUT2D eigenvalue weighted by Gasteiger charge is -2.11. The van der Waals surface area contributed by atoms with E-state index in [1.807, 2.05) is 0 Å². The minimum atomic E-state index is -0.551. The van der Waals surface area contributed by atoms with E-state index in [4.69, 9.17) is 5.73 Å². The lowest BCUT2D eigenvalue weighted by atomic mass is 10.1. The fourth-order valence-corrected chi connectivity index (χ4v) is 1.65. The van der Waals surface area contributed by atoms with Crippen LogP contribution in [0, 0.1) is 5.82 Å². The van der Waals surface area contributed by atoms with E-state index in [1.165, 1.54) is 19.2 Å². The third-order valence-electron chi connectivity index (χ3n) is 1.93. The highest BCUT2D eigenvalue weighted by Gasteiger charge is 2.13. The van der Waals surface area contributed by atoms with E-state index >= 15 is 0 Å². The molecule has 0 saturated carbocycles. The van der Waals surface area contributed by atoms with Gasteiger partial charge in [-0.3, -0.25) is 4.79 Å². The van der Waals surface area contributed by atoms with Gasteiger partial charge in [-0.2, -0.15) is 0 Å². The average molecular weight is 313 g/mol. The standard InChI is InChI=1S/C10H11BrFNO2.ClH/c1-15-10(14)5-9(13)6-2-7(11)4-8(12)3-6;/h2-4,9H,5,13H2,1H3;1H/t9-;/m0./s1. The highest BCUT2D eigenvalue weighted by Crippen LogP contribution is 2.21. The lowest BCUT2D eigenvalue weighted by molar-refractivity contribution is -0.141. The Hall–Kier alpha value is -0.650. The van der Waals surface area contributed by atoms with Crippen molar-refractivity contribution >= 4 is 34.3 Å². The van der Waals surface area contributed by atoms with Crippen molar-refractivity contribution < 1.29 is 13.9 Å². The van der Waals surface area contributed by atoms with Crippen LogP contribution in [0.5, 0.6) is 0 Å². The summed E-state index contributed by atoms with van der Waals surface area (Å²) in [6, 6.07) is 3.76. The van der Waals surface area contributed by atoms with Crippen LogP contribution in [0.2, 0.25) is 0 Å². The third kappa shape index (κ3) is 4.47. The average Bonchev–Trinajstić information content (AvgIpc) is 2.16. The van der Waals surface area contributed by atoms with Crippen LogP contribution in [0.3, 0.4) is 0 Å². The quantitative estimate of drug-likeness (QED) is 0.873. The number of methoxy groups -OCH3 is 1. The van der Waals surface area contributed by atoms with Gasteiger partial charge in [-0.1, -0.05) is 15.9 Å². The fourth-order valence-electron chi connectivity index (χ4n) is 1.17. The molecule has 1 atom stereocenters. The van der Waals surface area contributed by atoms with E-state index in [0.29, 0.717) is 10.0 Å². The first-order valence-electron chi connectivity index (χ1n) is 4.31. The minimum absolute atomic E-state index is 0. The van der Waals surface area contributed by atoms with Crippen LogP contribution >= 0.6 is 28.3 Å². The molecule has 3 nitrogen and oxygen atoms in total. The molecule has 0 aliphatic heterocycles. The highest BCUT2D eigenvalue weighted by molar-refractivity contribution is 9.10. The van der Waals surface area contributed by atoms with Gasteiger partial charge in [-0.25, -0.2) is 4.39 Å². The van der Waals surface area contributed by atoms with Gasteiger partial charge >= 0.3 is 5.97 Å². The number of halogens is 3. The molecule has 0 unspecified atom stereocenters. The van der Waals surface area contributed by atoms with Crippen LogP contribution in [0.1, 0.15) is 18.0 Å². The van der Waals surface area contributed by atoms with Crippen molar-refractivity contribution in [3.05, 3.63) is 34.1 Å². The Balaban J connectivity index is 0.00000225. The minimum Gasteiger partial charge on any atom is -0.469 e. The van der Waals surface area contributed by atoms with Crippen molar-refractivity contribution in [2.75, 3.05) is 7.11 Å². The normalized spacial score (nSPS) is 11.5. The maximum atomic E-state index is 13.0. The van der Waals surface area contributed by atoms with Crippen molar-refractivity contribution in [2.45, 2.75) is 12.5 Å². The maximum Gasteiger partial charge on any atom is 0.307 e. The topological polar surface area (TPSA) is 52.3 Å². The number of ether oxygens (including phenoxy) is 1. The molecule has 2 N–H and O–H groups in total. The third-order valence-corrected chi connectivity index (χ3v) is 2.39. The maximum absolute atomic E-state index is 13.0. The van der Waals surface area contributed by atoms with Crippen LogP contribution in [-0.2, 0) is 9.53 Å². The molecule has 0 heterocycles. The van der Waals surface area contributed by atoms with Gasteiger partial charge < -0.3 is 10.5 Å². The molecule has 0 radical (unpaired) electrons. The zero-order valence-electron chi connectivity index (χ0n) is 8.57. The molecule has 0 fully saturated rings. The van der Waals surface area contributed by atoms with Gasteiger partial charge in [0, 0.05) is 10.5 Å². The van der Waals surface area contributed by atoms with Crippen molar-refractivity contribution in [3.8, 4) is 0 Å². The number of esters is 1. The van der Waals surface area contributed by atoms with Gasteiger partial charge in [-0.05, 0) is 23.8 Å². The molecule has 0 aliphatic rings. The fraction of sp³-hybridized carbons (Fsp3) is 0.300. The number of hydrogen-bond donors (Lipinski definition) is 1. The Kier molecular flexibility index (Phi) is 6.55. The van der Waals surface area contributed by atoms with Crippen LogP contribution in [0.25, 0.3) is 0 Å². The first-order valence-corrected chi connectivity index (χ1v) is 5.10. The molecular weight excluding hydrogens is 300 g/mol. The summed E-state index contributed by atoms with van der Waals surface area (Å²) in [6.07, 6.45) is 0.0341. The molecule has 0 amide bonds. The van der Waals surface area contributed by atoms with Crippen molar-refractivity contribution in [2.24, 2.45) is 5.73 Å². The van der Waals surface area contributed by atoms with Gasteiger partial charge in [0.25, 0.3) is 0 Å². The van der Waals surface area contributed by atoms with Crippen LogP contribution in [-0.4, -0.2) is 13.1 Å². The number of benzene rings is 1. The molecule has 1 aromatic rings. The summed E-state index contributed by atoms with van der Waals surface area (Å²) in [5.74, 6) is -0.803. The second kappa shape index (κ2) is 6.83. The van der Waals surface area contributed by atoms with Gasteiger partial charge in [0.1, 0.15) is 5.82 Å². The number of hydrogen-bond acceptors (Lipinski definition) is 3. The van der Waals surface area contributed by atoms with Crippen LogP contribution < -0.4 is 5.73 Å². The second-order valence-electron chi connectivity index (χ2n) is 3.09. The largest absolute Gasteiger partial charge is 0.469 e. The summed E-state index contributed by atoms with van der Waals surface area (Å²) in [5.41, 5.74) is 6.28. The van der Waals surface area contributed by atoms with Gasteiger partial charge in [-0.15, -0.1) is 12.4 Å². The zero-order valence-corrected chi connectivity index (χ0v) is 11.0. The summed E-state index contributed by atoms with van der Waals surface area (Å²) < 4.78 is 18.1. The SMILES string of the molecule is COC(=O)C[C@H](N)c1cc(F)cc(Br)c1.Cl. The number of rotatable bonds is 3. The predicted octanol–water partition coefficient (Wildman–Crippen LogP) is 2.57. The molecule has 90 valence electrons. The van der Waals surface area contributed by atoms with E-state index in [9.17, 15) is 9.18 Å². The molecular formula is C10H12BrClFNO2. The monoisotopic (exact) mass is 311 g/mol. The first-order chi connectivity index (χ1) is 7.02. The predicted molar refractivity (Wildman–Crippen MR) is 64.9 cm³/mol. The molecule has 6 heteroatoms. The van der Waals surface area contributed by atoms with Crippen molar-refractivity contribution in [1.29, 1.82) is 0 Å². The molecule has 1 aromatic carbocycles. The molecule has 0 bridgehead atoms. The van der Waals surface area contributed by atoms with Gasteiger partial charge in [0.05, 0.1) is 13.5 Å². The zero-order chi connectivity index (χ0) is 11.4. The Morgan fingerprint density at radius 2 is 2.19 bits per heavy atom. The highest BCUT2D eigenvalue weighted by atomic mass is 79.9. The first kappa shape index (κ1) is 15.3. The number of carbonyl (C=O) groups excluding carboxylic acids is 1. The van der Waals surface area contributed by atoms with Gasteiger partial charge in [0.15, 0.2) is 0 Å². The van der Waals surface area contributed by atoms with Gasteiger partial charge in [0.2, 0.25) is 0 Å². The Bertz CT molecular complexity index is 356. The van der Waals surface area contributed by atoms with Crippen LogP contribution in [0.4, 0.5) is 4.39 Å². The molecule has 16 heavy (non-hydrogen) atoms. The van der Waals surface area contributed by atoms with Crippen LogP contribution in [0.15, 0.2) is 22.7 Å². The Labute approximate surface area is 108 Å². The second-order valence-corrected chi connectivity index (χ2v) is 4.01. The Morgan fingerprint density at radius 3 is 2.69 bits per heavy atom. The number of carbonyl (C=O) groups is 1. The van der Waals surface area contributed by atoms with E-state index in [2.05, 4.69) is 20.7 Å². The van der Waals surface area contributed by atoms with E-state index in [0.717, 1.165) is 0 Å². The molecule has 0 aromatic heterocycles. The number of nitrogens with two attached hydrogens (primary N) is 1. The summed E-state index contributed by atoms with van der Waals surface area (Å²) in [7, 11) is 1.29. The summed E-state index contributed by atoms with van der Waals surface area (Å²) in [5, 5.41) is 0. The van der Waals surface area contributed by atoms with Crippen molar-refractivity contribution in [1.82, 2.24) is 0 Å². The molecule has 0 saturated heterocycles. The smallest absolute Gasteiger partial charge is 0.307 e. The van der Waals surface area contributed by atoms with E-state index < -0.39 is 12.0 Å². The Morgan fingerprint density at radius 1 is 1.56 bits per heavy atom. The molecule has 1 rings (SSSR count).